The Bertz CT molecular complexity index is 441. The van der Waals surface area contributed by atoms with Gasteiger partial charge in [-0.1, -0.05) is 11.8 Å². The molecule has 0 aliphatic carbocycles. The number of anilines is 1. The Morgan fingerprint density at radius 2 is 2.29 bits per heavy atom. The molecule has 2 aromatic rings. The number of fused-ring (bicyclic) bond motifs is 1. The van der Waals surface area contributed by atoms with Gasteiger partial charge in [-0.3, -0.25) is 0 Å². The zero-order valence-corrected chi connectivity index (χ0v) is 8.38. The average Bonchev–Trinajstić information content (AvgIpc) is 2.56. The summed E-state index contributed by atoms with van der Waals surface area (Å²) in [4.78, 5) is 4.27. The molecule has 0 aliphatic heterocycles. The number of thioether (sulfide) groups is 1. The van der Waals surface area contributed by atoms with E-state index in [4.69, 9.17) is 15.9 Å². The molecule has 0 spiro atoms. The van der Waals surface area contributed by atoms with Gasteiger partial charge < -0.3 is 15.9 Å². The minimum atomic E-state index is 0.617. The molecule has 1 aromatic heterocycles. The van der Waals surface area contributed by atoms with Gasteiger partial charge in [0.2, 0.25) is 0 Å². The van der Waals surface area contributed by atoms with Crippen molar-refractivity contribution in [3.05, 3.63) is 18.2 Å². The topological polar surface area (TPSA) is 78.1 Å². The number of aromatic nitrogens is 1. The zero-order chi connectivity index (χ0) is 9.97. The van der Waals surface area contributed by atoms with E-state index in [0.717, 1.165) is 16.9 Å². The van der Waals surface area contributed by atoms with Crippen LogP contribution in [0.15, 0.2) is 27.8 Å². The standard InChI is InChI=1S/C9H11N3OS/c10-3-4-14-9-12-7-5-6(11)1-2-8(7)13-9/h1-2,5H,3-4,10-11H2. The summed E-state index contributed by atoms with van der Waals surface area (Å²) < 4.78 is 5.47. The molecule has 0 saturated carbocycles. The Labute approximate surface area is 85.7 Å². The molecule has 0 atom stereocenters. The van der Waals surface area contributed by atoms with Gasteiger partial charge in [0.1, 0.15) is 5.52 Å². The first-order chi connectivity index (χ1) is 6.79. The number of nitrogens with two attached hydrogens (primary N) is 2. The molecule has 1 heterocycles. The monoisotopic (exact) mass is 209 g/mol. The normalized spacial score (nSPS) is 10.9. The summed E-state index contributed by atoms with van der Waals surface area (Å²) in [5, 5.41) is 0.649. The summed E-state index contributed by atoms with van der Waals surface area (Å²) >= 11 is 1.51. The Balaban J connectivity index is 2.32. The number of benzene rings is 1. The molecule has 5 heteroatoms. The zero-order valence-electron chi connectivity index (χ0n) is 7.56. The second-order valence-electron chi connectivity index (χ2n) is 2.84. The van der Waals surface area contributed by atoms with E-state index in [-0.39, 0.29) is 0 Å². The van der Waals surface area contributed by atoms with Crippen LogP contribution in [0.2, 0.25) is 0 Å². The average molecular weight is 209 g/mol. The quantitative estimate of drug-likeness (QED) is 0.591. The van der Waals surface area contributed by atoms with Gasteiger partial charge in [0.25, 0.3) is 5.22 Å². The number of nitrogens with zero attached hydrogens (tertiary/aromatic N) is 1. The minimum absolute atomic E-state index is 0.617. The fraction of sp³-hybridized carbons (Fsp3) is 0.222. The minimum Gasteiger partial charge on any atom is -0.431 e. The highest BCUT2D eigenvalue weighted by atomic mass is 32.2. The van der Waals surface area contributed by atoms with E-state index in [1.807, 2.05) is 6.07 Å². The Hall–Kier alpha value is -1.20. The highest BCUT2D eigenvalue weighted by Gasteiger charge is 2.05. The highest BCUT2D eigenvalue weighted by Crippen LogP contribution is 2.24. The van der Waals surface area contributed by atoms with E-state index < -0.39 is 0 Å². The molecule has 1 aromatic carbocycles. The maximum absolute atomic E-state index is 5.62. The van der Waals surface area contributed by atoms with Gasteiger partial charge >= 0.3 is 0 Å². The third-order valence-electron chi connectivity index (χ3n) is 1.74. The molecule has 2 rings (SSSR count). The smallest absolute Gasteiger partial charge is 0.256 e. The lowest BCUT2D eigenvalue weighted by Gasteiger charge is -1.89. The predicted octanol–water partition coefficient (Wildman–Crippen LogP) is 1.46. The molecule has 0 aliphatic rings. The van der Waals surface area contributed by atoms with Crippen LogP contribution in [0.5, 0.6) is 0 Å². The number of rotatable bonds is 3. The van der Waals surface area contributed by atoms with E-state index in [1.165, 1.54) is 11.8 Å². The molecular formula is C9H11N3OS. The van der Waals surface area contributed by atoms with Crippen LogP contribution in [0.1, 0.15) is 0 Å². The van der Waals surface area contributed by atoms with Crippen LogP contribution in [0.25, 0.3) is 11.1 Å². The molecule has 0 amide bonds. The summed E-state index contributed by atoms with van der Waals surface area (Å²) in [5.41, 5.74) is 13.3. The molecule has 0 saturated heterocycles. The Morgan fingerprint density at radius 1 is 1.43 bits per heavy atom. The maximum atomic E-state index is 5.62. The fourth-order valence-corrected chi connectivity index (χ4v) is 1.74. The fourth-order valence-electron chi connectivity index (χ4n) is 1.13. The predicted molar refractivity (Wildman–Crippen MR) is 58.2 cm³/mol. The van der Waals surface area contributed by atoms with Gasteiger partial charge in [0.15, 0.2) is 5.58 Å². The van der Waals surface area contributed by atoms with Gasteiger partial charge in [-0.15, -0.1) is 0 Å². The van der Waals surface area contributed by atoms with Crippen molar-refractivity contribution in [1.82, 2.24) is 4.98 Å². The summed E-state index contributed by atoms with van der Waals surface area (Å²) in [5.74, 6) is 0.808. The van der Waals surface area contributed by atoms with Crippen LogP contribution in [0.4, 0.5) is 5.69 Å². The number of hydrogen-bond acceptors (Lipinski definition) is 5. The third-order valence-corrected chi connectivity index (χ3v) is 2.60. The third kappa shape index (κ3) is 1.83. The van der Waals surface area contributed by atoms with Crippen LogP contribution in [-0.2, 0) is 0 Å². The summed E-state index contributed by atoms with van der Waals surface area (Å²) in [6.07, 6.45) is 0. The van der Waals surface area contributed by atoms with Crippen molar-refractivity contribution in [2.24, 2.45) is 5.73 Å². The van der Waals surface area contributed by atoms with Gasteiger partial charge in [-0.25, -0.2) is 4.98 Å². The molecule has 14 heavy (non-hydrogen) atoms. The van der Waals surface area contributed by atoms with Crippen LogP contribution in [0.3, 0.4) is 0 Å². The molecular weight excluding hydrogens is 198 g/mol. The molecule has 0 fully saturated rings. The van der Waals surface area contributed by atoms with Crippen molar-refractivity contribution in [3.8, 4) is 0 Å². The first kappa shape index (κ1) is 9.36. The van der Waals surface area contributed by atoms with Crippen LogP contribution >= 0.6 is 11.8 Å². The van der Waals surface area contributed by atoms with E-state index >= 15 is 0 Å². The SMILES string of the molecule is NCCSc1nc2cc(N)ccc2o1. The Morgan fingerprint density at radius 3 is 3.07 bits per heavy atom. The first-order valence-corrected chi connectivity index (χ1v) is 5.27. The summed E-state index contributed by atoms with van der Waals surface area (Å²) in [7, 11) is 0. The van der Waals surface area contributed by atoms with Gasteiger partial charge in [-0.2, -0.15) is 0 Å². The number of hydrogen-bond donors (Lipinski definition) is 2. The maximum Gasteiger partial charge on any atom is 0.256 e. The highest BCUT2D eigenvalue weighted by molar-refractivity contribution is 7.99. The van der Waals surface area contributed by atoms with Crippen LogP contribution in [0, 0.1) is 0 Å². The molecule has 74 valence electrons. The van der Waals surface area contributed by atoms with Gasteiger partial charge in [0.05, 0.1) is 0 Å². The van der Waals surface area contributed by atoms with Crippen LogP contribution < -0.4 is 11.5 Å². The van der Waals surface area contributed by atoms with E-state index in [1.54, 1.807) is 12.1 Å². The van der Waals surface area contributed by atoms with Crippen LogP contribution in [-0.4, -0.2) is 17.3 Å². The van der Waals surface area contributed by atoms with Crippen molar-refractivity contribution in [2.45, 2.75) is 5.22 Å². The lowest BCUT2D eigenvalue weighted by atomic mass is 10.3. The van der Waals surface area contributed by atoms with Crippen molar-refractivity contribution < 1.29 is 4.42 Å². The second-order valence-corrected chi connectivity index (χ2v) is 3.89. The summed E-state index contributed by atoms with van der Waals surface area (Å²) in [6, 6.07) is 5.42. The van der Waals surface area contributed by atoms with Crippen molar-refractivity contribution >= 4 is 28.5 Å². The van der Waals surface area contributed by atoms with Gasteiger partial charge in [0, 0.05) is 18.0 Å². The largest absolute Gasteiger partial charge is 0.431 e. The lowest BCUT2D eigenvalue weighted by Crippen LogP contribution is -2.00. The molecule has 0 bridgehead atoms. The van der Waals surface area contributed by atoms with E-state index in [9.17, 15) is 0 Å². The Kier molecular flexibility index (Phi) is 2.60. The van der Waals surface area contributed by atoms with Crippen molar-refractivity contribution in [1.29, 1.82) is 0 Å². The molecule has 4 nitrogen and oxygen atoms in total. The first-order valence-electron chi connectivity index (χ1n) is 4.28. The van der Waals surface area contributed by atoms with Crippen molar-refractivity contribution in [2.75, 3.05) is 18.0 Å². The lowest BCUT2D eigenvalue weighted by molar-refractivity contribution is 0.489. The molecule has 0 radical (unpaired) electrons. The summed E-state index contributed by atoms with van der Waals surface area (Å²) in [6.45, 7) is 0.617. The molecule has 4 N–H and O–H groups in total. The second kappa shape index (κ2) is 3.89. The van der Waals surface area contributed by atoms with E-state index in [2.05, 4.69) is 4.98 Å². The van der Waals surface area contributed by atoms with E-state index in [0.29, 0.717) is 17.5 Å². The number of nitrogen functional groups attached to an aromatic ring is 1. The molecule has 0 unspecified atom stereocenters. The van der Waals surface area contributed by atoms with Crippen molar-refractivity contribution in [3.63, 3.8) is 0 Å². The van der Waals surface area contributed by atoms with Gasteiger partial charge in [-0.05, 0) is 18.2 Å². The number of oxazole rings is 1.